The Morgan fingerprint density at radius 3 is 1.69 bits per heavy atom. The van der Waals surface area contributed by atoms with Crippen molar-refractivity contribution in [3.63, 3.8) is 0 Å². The molecule has 0 heterocycles. The molecule has 0 bridgehead atoms. The summed E-state index contributed by atoms with van der Waals surface area (Å²) in [5, 5.41) is 18.2. The lowest BCUT2D eigenvalue weighted by atomic mass is 10.3. The Labute approximate surface area is 79.3 Å². The Bertz CT molecular complexity index is 163. The van der Waals surface area contributed by atoms with E-state index in [1.165, 1.54) is 12.2 Å². The molecule has 0 aromatic carbocycles. The molecule has 0 saturated carbocycles. The first-order valence-electron chi connectivity index (χ1n) is 4.66. The van der Waals surface area contributed by atoms with Crippen molar-refractivity contribution in [3.8, 4) is 0 Å². The first-order valence-corrected chi connectivity index (χ1v) is 4.66. The summed E-state index contributed by atoms with van der Waals surface area (Å²) in [5.74, 6) is -0.460. The van der Waals surface area contributed by atoms with E-state index in [1.807, 2.05) is 13.8 Å². The molecule has 76 valence electrons. The summed E-state index contributed by atoms with van der Waals surface area (Å²) >= 11 is 0. The number of hydrogen-bond acceptors (Lipinski definition) is 3. The number of aliphatic hydroxyl groups excluding tert-OH is 2. The van der Waals surface area contributed by atoms with Gasteiger partial charge in [-0.15, -0.1) is 0 Å². The van der Waals surface area contributed by atoms with Crippen LogP contribution in [-0.4, -0.2) is 10.2 Å². The highest BCUT2D eigenvalue weighted by atomic mass is 16.7. The predicted molar refractivity (Wildman–Crippen MR) is 52.3 cm³/mol. The molecule has 0 aromatic rings. The molecule has 0 aliphatic carbocycles. The van der Waals surface area contributed by atoms with Crippen LogP contribution in [0.15, 0.2) is 24.0 Å². The maximum absolute atomic E-state index is 9.09. The van der Waals surface area contributed by atoms with Gasteiger partial charge >= 0.3 is 0 Å². The number of hydrogen-bond donors (Lipinski definition) is 2. The Hall–Kier alpha value is -1.12. The maximum atomic E-state index is 9.09. The van der Waals surface area contributed by atoms with Crippen LogP contribution < -0.4 is 0 Å². The van der Waals surface area contributed by atoms with Gasteiger partial charge in [-0.05, 0) is 25.0 Å². The second kappa shape index (κ2) is 7.53. The molecule has 2 N–H and O–H groups in total. The van der Waals surface area contributed by atoms with E-state index in [0.717, 1.165) is 25.7 Å². The van der Waals surface area contributed by atoms with Crippen molar-refractivity contribution in [3.05, 3.63) is 24.0 Å². The second-order valence-electron chi connectivity index (χ2n) is 2.76. The van der Waals surface area contributed by atoms with E-state index in [9.17, 15) is 0 Å². The van der Waals surface area contributed by atoms with E-state index >= 15 is 0 Å². The van der Waals surface area contributed by atoms with E-state index in [4.69, 9.17) is 10.2 Å². The Morgan fingerprint density at radius 2 is 1.38 bits per heavy atom. The van der Waals surface area contributed by atoms with Crippen LogP contribution in [0.25, 0.3) is 0 Å². The standard InChI is InChI=1S/C10H18O3/c1-3-5-7-9(11)13-10(12)8-6-4-2/h7-8,11-12H,3-6H2,1-2H3. The van der Waals surface area contributed by atoms with Gasteiger partial charge in [0.2, 0.25) is 0 Å². The van der Waals surface area contributed by atoms with Crippen LogP contribution >= 0.6 is 0 Å². The number of ether oxygens (including phenoxy) is 1. The molecule has 0 aliphatic heterocycles. The number of aliphatic hydroxyl groups is 2. The minimum atomic E-state index is -0.230. The summed E-state index contributed by atoms with van der Waals surface area (Å²) in [7, 11) is 0. The normalized spacial score (nSPS) is 13.1. The highest BCUT2D eigenvalue weighted by Gasteiger charge is 1.96. The minimum Gasteiger partial charge on any atom is -0.481 e. The maximum Gasteiger partial charge on any atom is 0.280 e. The molecule has 3 heteroatoms. The third-order valence-electron chi connectivity index (χ3n) is 1.42. The van der Waals surface area contributed by atoms with Gasteiger partial charge in [0.25, 0.3) is 11.9 Å². The third kappa shape index (κ3) is 7.25. The minimum absolute atomic E-state index is 0.230. The van der Waals surface area contributed by atoms with Gasteiger partial charge in [-0.1, -0.05) is 26.7 Å². The zero-order valence-electron chi connectivity index (χ0n) is 8.29. The molecule has 0 aliphatic rings. The molecule has 0 fully saturated rings. The average molecular weight is 186 g/mol. The highest BCUT2D eigenvalue weighted by molar-refractivity contribution is 4.89. The molecule has 0 atom stereocenters. The molecule has 13 heavy (non-hydrogen) atoms. The van der Waals surface area contributed by atoms with E-state index in [0.29, 0.717) is 0 Å². The molecule has 0 rings (SSSR count). The summed E-state index contributed by atoms with van der Waals surface area (Å²) in [5.41, 5.74) is 0. The smallest absolute Gasteiger partial charge is 0.280 e. The van der Waals surface area contributed by atoms with Gasteiger partial charge in [0, 0.05) is 0 Å². The molecule has 0 aromatic heterocycles. The highest BCUT2D eigenvalue weighted by Crippen LogP contribution is 2.04. The Kier molecular flexibility index (Phi) is 6.88. The monoisotopic (exact) mass is 186 g/mol. The topological polar surface area (TPSA) is 49.7 Å². The summed E-state index contributed by atoms with van der Waals surface area (Å²) in [4.78, 5) is 0. The van der Waals surface area contributed by atoms with Crippen LogP contribution in [0.2, 0.25) is 0 Å². The molecule has 0 amide bonds. The van der Waals surface area contributed by atoms with E-state index in [-0.39, 0.29) is 11.9 Å². The van der Waals surface area contributed by atoms with Crippen LogP contribution in [0, 0.1) is 0 Å². The number of unbranched alkanes of at least 4 members (excludes halogenated alkanes) is 2. The predicted octanol–water partition coefficient (Wildman–Crippen LogP) is 3.40. The molecular formula is C10H18O3. The van der Waals surface area contributed by atoms with Gasteiger partial charge < -0.3 is 14.9 Å². The van der Waals surface area contributed by atoms with Crippen molar-refractivity contribution in [1.82, 2.24) is 0 Å². The lowest BCUT2D eigenvalue weighted by Gasteiger charge is -2.01. The van der Waals surface area contributed by atoms with Crippen LogP contribution in [0.1, 0.15) is 39.5 Å². The van der Waals surface area contributed by atoms with Crippen LogP contribution in [0.3, 0.4) is 0 Å². The van der Waals surface area contributed by atoms with Gasteiger partial charge in [-0.25, -0.2) is 0 Å². The van der Waals surface area contributed by atoms with E-state index in [2.05, 4.69) is 4.74 Å². The van der Waals surface area contributed by atoms with Crippen LogP contribution in [0.4, 0.5) is 0 Å². The van der Waals surface area contributed by atoms with Crippen LogP contribution in [0.5, 0.6) is 0 Å². The van der Waals surface area contributed by atoms with Crippen molar-refractivity contribution < 1.29 is 14.9 Å². The van der Waals surface area contributed by atoms with Crippen LogP contribution in [-0.2, 0) is 4.74 Å². The largest absolute Gasteiger partial charge is 0.481 e. The quantitative estimate of drug-likeness (QED) is 0.625. The molecule has 0 radical (unpaired) electrons. The summed E-state index contributed by atoms with van der Waals surface area (Å²) in [6.07, 6.45) is 6.44. The van der Waals surface area contributed by atoms with Gasteiger partial charge in [0.05, 0.1) is 0 Å². The second-order valence-corrected chi connectivity index (χ2v) is 2.76. The van der Waals surface area contributed by atoms with E-state index < -0.39 is 0 Å². The Morgan fingerprint density at radius 1 is 1.00 bits per heavy atom. The van der Waals surface area contributed by atoms with E-state index in [1.54, 1.807) is 0 Å². The van der Waals surface area contributed by atoms with Gasteiger partial charge in [0.15, 0.2) is 0 Å². The third-order valence-corrected chi connectivity index (χ3v) is 1.42. The first-order chi connectivity index (χ1) is 6.20. The number of allylic oxidation sites excluding steroid dienone is 2. The molecule has 0 saturated heterocycles. The zero-order valence-corrected chi connectivity index (χ0v) is 8.29. The van der Waals surface area contributed by atoms with Crippen molar-refractivity contribution in [2.75, 3.05) is 0 Å². The summed E-state index contributed by atoms with van der Waals surface area (Å²) < 4.78 is 4.69. The fourth-order valence-corrected chi connectivity index (χ4v) is 0.726. The van der Waals surface area contributed by atoms with Gasteiger partial charge in [0.1, 0.15) is 0 Å². The fourth-order valence-electron chi connectivity index (χ4n) is 0.726. The Balaban J connectivity index is 3.82. The average Bonchev–Trinajstić information content (AvgIpc) is 2.11. The fraction of sp³-hybridized carbons (Fsp3) is 0.600. The molecule has 3 nitrogen and oxygen atoms in total. The SMILES string of the molecule is CCCC=C(O)OC(O)=CCCC. The van der Waals surface area contributed by atoms with Crippen molar-refractivity contribution >= 4 is 0 Å². The van der Waals surface area contributed by atoms with Crippen molar-refractivity contribution in [2.45, 2.75) is 39.5 Å². The molecular weight excluding hydrogens is 168 g/mol. The lowest BCUT2D eigenvalue weighted by Crippen LogP contribution is -1.91. The van der Waals surface area contributed by atoms with Gasteiger partial charge in [-0.3, -0.25) is 0 Å². The van der Waals surface area contributed by atoms with Crippen molar-refractivity contribution in [2.24, 2.45) is 0 Å². The zero-order chi connectivity index (χ0) is 10.1. The summed E-state index contributed by atoms with van der Waals surface area (Å²) in [6, 6.07) is 0. The lowest BCUT2D eigenvalue weighted by molar-refractivity contribution is 0.0662. The molecule has 0 spiro atoms. The molecule has 0 unspecified atom stereocenters. The first kappa shape index (κ1) is 11.9. The summed E-state index contributed by atoms with van der Waals surface area (Å²) in [6.45, 7) is 3.99. The number of rotatable bonds is 6. The van der Waals surface area contributed by atoms with Gasteiger partial charge in [-0.2, -0.15) is 0 Å². The van der Waals surface area contributed by atoms with Crippen molar-refractivity contribution in [1.29, 1.82) is 0 Å².